The number of nitrogens with zero attached hydrogens (tertiary/aromatic N) is 2. The molecular weight excluding hydrogens is 332 g/mol. The van der Waals surface area contributed by atoms with Gasteiger partial charge >= 0.3 is 5.97 Å². The van der Waals surface area contributed by atoms with Crippen molar-refractivity contribution in [3.05, 3.63) is 65.1 Å². The number of esters is 1. The number of rotatable bonds is 3. The van der Waals surface area contributed by atoms with Crippen LogP contribution >= 0.6 is 0 Å². The quantitative estimate of drug-likeness (QED) is 0.735. The molecule has 1 aliphatic heterocycles. The molecule has 0 fully saturated rings. The summed E-state index contributed by atoms with van der Waals surface area (Å²) in [6.45, 7) is 0. The van der Waals surface area contributed by atoms with Gasteiger partial charge in [0.1, 0.15) is 34.7 Å². The Balaban J connectivity index is 1.80. The second-order valence-corrected chi connectivity index (χ2v) is 5.47. The lowest BCUT2D eigenvalue weighted by Gasteiger charge is -2.11. The highest BCUT2D eigenvalue weighted by atomic mass is 19.1. The molecule has 1 aromatic carbocycles. The Labute approximate surface area is 140 Å². The fraction of sp³-hybridized carbons (Fsp3) is 0.118. The molecule has 0 amide bonds. The summed E-state index contributed by atoms with van der Waals surface area (Å²) < 4.78 is 38.3. The number of hydrogen-bond donors (Lipinski definition) is 1. The highest BCUT2D eigenvalue weighted by Gasteiger charge is 2.38. The average Bonchev–Trinajstić information content (AvgIpc) is 3.19. The van der Waals surface area contributed by atoms with Gasteiger partial charge in [-0.1, -0.05) is 6.07 Å². The molecule has 6 nitrogen and oxygen atoms in total. The van der Waals surface area contributed by atoms with Crippen LogP contribution in [0.1, 0.15) is 27.7 Å². The number of fused-ring (bicyclic) bond motifs is 1. The van der Waals surface area contributed by atoms with E-state index in [2.05, 4.69) is 9.97 Å². The van der Waals surface area contributed by atoms with Crippen LogP contribution in [-0.4, -0.2) is 15.9 Å². The molecule has 0 bridgehead atoms. The monoisotopic (exact) mass is 343 g/mol. The van der Waals surface area contributed by atoms with Gasteiger partial charge in [-0.05, 0) is 24.3 Å². The summed E-state index contributed by atoms with van der Waals surface area (Å²) in [7, 11) is 0. The molecule has 2 N–H and O–H groups in total. The van der Waals surface area contributed by atoms with Crippen molar-refractivity contribution in [2.24, 2.45) is 0 Å². The minimum absolute atomic E-state index is 0.0888. The van der Waals surface area contributed by atoms with Crippen LogP contribution in [0.3, 0.4) is 0 Å². The van der Waals surface area contributed by atoms with Crippen LogP contribution in [-0.2, 0) is 11.2 Å². The van der Waals surface area contributed by atoms with Crippen LogP contribution in [0.15, 0.2) is 41.0 Å². The summed E-state index contributed by atoms with van der Waals surface area (Å²) in [6, 6.07) is 6.78. The largest absolute Gasteiger partial charge is 0.463 e. The van der Waals surface area contributed by atoms with Gasteiger partial charge in [0.25, 0.3) is 0 Å². The molecule has 2 aromatic heterocycles. The third-order valence-corrected chi connectivity index (χ3v) is 3.92. The molecule has 126 valence electrons. The van der Waals surface area contributed by atoms with Gasteiger partial charge in [0.2, 0.25) is 5.95 Å². The third-order valence-electron chi connectivity index (χ3n) is 3.92. The maximum absolute atomic E-state index is 13.9. The van der Waals surface area contributed by atoms with E-state index in [0.717, 1.165) is 12.1 Å². The van der Waals surface area contributed by atoms with Crippen molar-refractivity contribution in [1.82, 2.24) is 9.97 Å². The van der Waals surface area contributed by atoms with Gasteiger partial charge in [0.05, 0.1) is 6.26 Å². The zero-order valence-corrected chi connectivity index (χ0v) is 12.7. The van der Waals surface area contributed by atoms with E-state index >= 15 is 0 Å². The standard InChI is InChI=1S/C17H11F2N3O3/c18-9-3-1-4-10(19)8(9)7-12-15-13(16(23)25-12)14(21-17(20)22-15)11-5-2-6-24-11/h1-6,12H,7H2,(H2,20,21,22). The highest BCUT2D eigenvalue weighted by molar-refractivity contribution is 5.99. The van der Waals surface area contributed by atoms with Crippen LogP contribution < -0.4 is 5.73 Å². The first-order chi connectivity index (χ1) is 12.0. The van der Waals surface area contributed by atoms with Gasteiger partial charge in [0, 0.05) is 12.0 Å². The van der Waals surface area contributed by atoms with Crippen molar-refractivity contribution in [3.8, 4) is 11.5 Å². The number of carbonyl (C=O) groups excluding carboxylic acids is 1. The van der Waals surface area contributed by atoms with Gasteiger partial charge in [-0.2, -0.15) is 0 Å². The van der Waals surface area contributed by atoms with E-state index < -0.39 is 23.7 Å². The first kappa shape index (κ1) is 15.3. The number of carbonyl (C=O) groups is 1. The number of halogens is 2. The fourth-order valence-electron chi connectivity index (χ4n) is 2.82. The van der Waals surface area contributed by atoms with Crippen LogP contribution in [0.2, 0.25) is 0 Å². The van der Waals surface area contributed by atoms with E-state index in [9.17, 15) is 13.6 Å². The summed E-state index contributed by atoms with van der Waals surface area (Å²) in [6.07, 6.45) is 0.255. The number of aromatic nitrogens is 2. The number of nitrogen functional groups attached to an aromatic ring is 1. The zero-order chi connectivity index (χ0) is 17.6. The molecular formula is C17H11F2N3O3. The van der Waals surface area contributed by atoms with Gasteiger partial charge in [0.15, 0.2) is 5.76 Å². The minimum atomic E-state index is -0.965. The van der Waals surface area contributed by atoms with E-state index in [1.165, 1.54) is 12.3 Å². The summed E-state index contributed by atoms with van der Waals surface area (Å²) >= 11 is 0. The van der Waals surface area contributed by atoms with E-state index in [1.807, 2.05) is 0 Å². The SMILES string of the molecule is Nc1nc(-c2ccco2)c2c(n1)C(Cc1c(F)cccc1F)OC2=O. The predicted molar refractivity (Wildman–Crippen MR) is 82.4 cm³/mol. The molecule has 0 saturated heterocycles. The third kappa shape index (κ3) is 2.51. The fourth-order valence-corrected chi connectivity index (χ4v) is 2.82. The van der Waals surface area contributed by atoms with Gasteiger partial charge in [-0.15, -0.1) is 0 Å². The molecule has 3 aromatic rings. The Bertz CT molecular complexity index is 953. The Morgan fingerprint density at radius 2 is 1.88 bits per heavy atom. The number of anilines is 1. The van der Waals surface area contributed by atoms with Crippen LogP contribution in [0.25, 0.3) is 11.5 Å². The van der Waals surface area contributed by atoms with E-state index in [0.29, 0.717) is 5.76 Å². The van der Waals surface area contributed by atoms with Crippen molar-refractivity contribution < 1.29 is 22.7 Å². The molecule has 0 aliphatic carbocycles. The van der Waals surface area contributed by atoms with Crippen LogP contribution in [0, 0.1) is 11.6 Å². The molecule has 1 aliphatic rings. The van der Waals surface area contributed by atoms with E-state index in [1.54, 1.807) is 12.1 Å². The van der Waals surface area contributed by atoms with E-state index in [4.69, 9.17) is 14.9 Å². The molecule has 0 radical (unpaired) electrons. The maximum atomic E-state index is 13.9. The van der Waals surface area contributed by atoms with Crippen molar-refractivity contribution in [2.75, 3.05) is 5.73 Å². The second kappa shape index (κ2) is 5.66. The summed E-state index contributed by atoms with van der Waals surface area (Å²) in [5.41, 5.74) is 5.99. The number of benzene rings is 1. The second-order valence-electron chi connectivity index (χ2n) is 5.47. The van der Waals surface area contributed by atoms with Gasteiger partial charge in [-0.3, -0.25) is 0 Å². The molecule has 1 atom stereocenters. The predicted octanol–water partition coefficient (Wildman–Crippen LogP) is 3.05. The highest BCUT2D eigenvalue weighted by Crippen LogP contribution is 2.38. The topological polar surface area (TPSA) is 91.2 Å². The zero-order valence-electron chi connectivity index (χ0n) is 12.7. The average molecular weight is 343 g/mol. The van der Waals surface area contributed by atoms with Gasteiger partial charge in [-0.25, -0.2) is 23.5 Å². The first-order valence-electron chi connectivity index (χ1n) is 7.39. The number of hydrogen-bond acceptors (Lipinski definition) is 6. The van der Waals surface area contributed by atoms with Crippen molar-refractivity contribution in [1.29, 1.82) is 0 Å². The number of nitrogens with two attached hydrogens (primary N) is 1. The molecule has 0 spiro atoms. The van der Waals surface area contributed by atoms with Crippen molar-refractivity contribution >= 4 is 11.9 Å². The lowest BCUT2D eigenvalue weighted by Crippen LogP contribution is -2.09. The summed E-state index contributed by atoms with van der Waals surface area (Å²) in [5.74, 6) is -1.92. The molecule has 1 unspecified atom stereocenters. The minimum Gasteiger partial charge on any atom is -0.463 e. The Morgan fingerprint density at radius 3 is 2.56 bits per heavy atom. The van der Waals surface area contributed by atoms with E-state index in [-0.39, 0.29) is 34.9 Å². The Hall–Kier alpha value is -3.29. The molecule has 8 heteroatoms. The first-order valence-corrected chi connectivity index (χ1v) is 7.39. The maximum Gasteiger partial charge on any atom is 0.343 e. The van der Waals surface area contributed by atoms with Crippen LogP contribution in [0.4, 0.5) is 14.7 Å². The number of cyclic esters (lactones) is 1. The Morgan fingerprint density at radius 1 is 1.12 bits per heavy atom. The number of ether oxygens (including phenoxy) is 1. The molecule has 0 saturated carbocycles. The number of furan rings is 1. The Kier molecular flexibility index (Phi) is 3.45. The molecule has 3 heterocycles. The smallest absolute Gasteiger partial charge is 0.343 e. The lowest BCUT2D eigenvalue weighted by atomic mass is 10.0. The van der Waals surface area contributed by atoms with Crippen LogP contribution in [0.5, 0.6) is 0 Å². The van der Waals surface area contributed by atoms with Gasteiger partial charge < -0.3 is 14.9 Å². The van der Waals surface area contributed by atoms with Crippen molar-refractivity contribution in [3.63, 3.8) is 0 Å². The van der Waals surface area contributed by atoms with Crippen molar-refractivity contribution in [2.45, 2.75) is 12.5 Å². The molecule has 25 heavy (non-hydrogen) atoms. The molecule has 4 rings (SSSR count). The summed E-state index contributed by atoms with van der Waals surface area (Å²) in [4.78, 5) is 20.4. The lowest BCUT2D eigenvalue weighted by molar-refractivity contribution is 0.0379. The summed E-state index contributed by atoms with van der Waals surface area (Å²) in [5, 5.41) is 0. The normalized spacial score (nSPS) is 15.9.